The van der Waals surface area contributed by atoms with Crippen LogP contribution in [0.3, 0.4) is 0 Å². The van der Waals surface area contributed by atoms with Gasteiger partial charge in [0.05, 0.1) is 28.1 Å². The summed E-state index contributed by atoms with van der Waals surface area (Å²) >= 11 is 1.84. The van der Waals surface area contributed by atoms with E-state index >= 15 is 0 Å². The third kappa shape index (κ3) is 6.16. The van der Waals surface area contributed by atoms with E-state index in [4.69, 9.17) is 19.9 Å². The van der Waals surface area contributed by atoms with Gasteiger partial charge in [-0.25, -0.2) is 19.9 Å². The van der Waals surface area contributed by atoms with Crippen molar-refractivity contribution in [2.24, 2.45) is 0 Å². The molecule has 0 N–H and O–H groups in total. The number of benzene rings is 8. The highest BCUT2D eigenvalue weighted by molar-refractivity contribution is 7.26. The van der Waals surface area contributed by atoms with Gasteiger partial charge in [-0.2, -0.15) is 0 Å². The molecule has 290 valence electrons. The van der Waals surface area contributed by atoms with Gasteiger partial charge in [0.25, 0.3) is 0 Å². The molecule has 0 aliphatic carbocycles. The van der Waals surface area contributed by atoms with Gasteiger partial charge in [-0.1, -0.05) is 170 Å². The maximum Gasteiger partial charge on any atom is 0.166 e. The Morgan fingerprint density at radius 3 is 1.50 bits per heavy atom. The largest absolute Gasteiger partial charge is 0.308 e. The van der Waals surface area contributed by atoms with Crippen molar-refractivity contribution in [1.29, 1.82) is 0 Å². The molecule has 0 amide bonds. The monoisotopic (exact) mass is 809 g/mol. The SMILES string of the molecule is c1ccc(-c2cc(-c3ccc(-n4c5ccccc5c5ccc6sc7ccccc7c6c54)c(-c4nc(-c5ccccc5)nc(-c5ccccc5)n4)c3)cc(-c3ccccc3)n2)cc1. The quantitative estimate of drug-likeness (QED) is 0.161. The molecule has 0 radical (unpaired) electrons. The van der Waals surface area contributed by atoms with Gasteiger partial charge in [-0.3, -0.25) is 0 Å². The molecule has 0 saturated heterocycles. The van der Waals surface area contributed by atoms with E-state index in [9.17, 15) is 0 Å². The van der Waals surface area contributed by atoms with Crippen LogP contribution in [0.1, 0.15) is 0 Å². The lowest BCUT2D eigenvalue weighted by Crippen LogP contribution is -2.04. The molecule has 0 saturated carbocycles. The predicted molar refractivity (Wildman–Crippen MR) is 257 cm³/mol. The molecule has 12 rings (SSSR count). The number of hydrogen-bond donors (Lipinski definition) is 0. The second kappa shape index (κ2) is 14.9. The standard InChI is InChI=1S/C56H35N5S/c1-5-17-36(18-6-1)46-34-41(35-47(57-46)37-19-7-2-8-20-37)40-29-31-49(45(33-40)56-59-54(38-21-9-3-10-22-38)58-55(60-56)39-23-11-4-12-24-39)61-48-27-15-13-25-42(48)43-30-32-51-52(53(43)61)44-26-14-16-28-50(44)62-51/h1-35H. The first-order valence-electron chi connectivity index (χ1n) is 20.7. The van der Waals surface area contributed by atoms with Crippen molar-refractivity contribution in [3.05, 3.63) is 212 Å². The van der Waals surface area contributed by atoms with E-state index < -0.39 is 0 Å². The van der Waals surface area contributed by atoms with Crippen LogP contribution in [-0.4, -0.2) is 24.5 Å². The first-order chi connectivity index (χ1) is 30.7. The van der Waals surface area contributed by atoms with E-state index in [1.54, 1.807) is 0 Å². The Kier molecular flexibility index (Phi) is 8.61. The highest BCUT2D eigenvalue weighted by Gasteiger charge is 2.23. The summed E-state index contributed by atoms with van der Waals surface area (Å²) < 4.78 is 4.95. The molecule has 0 aliphatic heterocycles. The van der Waals surface area contributed by atoms with E-state index in [1.807, 2.05) is 59.9 Å². The number of aromatic nitrogens is 5. The Morgan fingerprint density at radius 1 is 0.339 bits per heavy atom. The third-order valence-electron chi connectivity index (χ3n) is 11.7. The molecule has 0 atom stereocenters. The molecule has 12 aromatic rings. The second-order valence-corrected chi connectivity index (χ2v) is 16.5. The van der Waals surface area contributed by atoms with Crippen LogP contribution in [-0.2, 0) is 0 Å². The Balaban J connectivity index is 1.19. The number of hydrogen-bond acceptors (Lipinski definition) is 5. The first kappa shape index (κ1) is 35.8. The van der Waals surface area contributed by atoms with E-state index in [2.05, 4.69) is 168 Å². The lowest BCUT2D eigenvalue weighted by Gasteiger charge is -2.17. The van der Waals surface area contributed by atoms with Crippen molar-refractivity contribution in [3.63, 3.8) is 0 Å². The molecule has 0 fully saturated rings. The van der Waals surface area contributed by atoms with Crippen LogP contribution in [0, 0.1) is 0 Å². The fraction of sp³-hybridized carbons (Fsp3) is 0. The molecular formula is C56H35N5S. The lowest BCUT2D eigenvalue weighted by atomic mass is 9.97. The molecular weight excluding hydrogens is 775 g/mol. The number of fused-ring (bicyclic) bond motifs is 7. The molecule has 0 unspecified atom stereocenters. The van der Waals surface area contributed by atoms with Crippen LogP contribution in [0.25, 0.3) is 115 Å². The van der Waals surface area contributed by atoms with E-state index in [-0.39, 0.29) is 0 Å². The zero-order valence-electron chi connectivity index (χ0n) is 33.4. The highest BCUT2D eigenvalue weighted by atomic mass is 32.1. The van der Waals surface area contributed by atoms with E-state index in [1.165, 1.54) is 30.9 Å². The van der Waals surface area contributed by atoms with Crippen LogP contribution in [0.15, 0.2) is 212 Å². The summed E-state index contributed by atoms with van der Waals surface area (Å²) in [6.07, 6.45) is 0. The smallest absolute Gasteiger partial charge is 0.166 e. The van der Waals surface area contributed by atoms with Crippen LogP contribution in [0.2, 0.25) is 0 Å². The van der Waals surface area contributed by atoms with Gasteiger partial charge in [-0.15, -0.1) is 11.3 Å². The summed E-state index contributed by atoms with van der Waals surface area (Å²) in [5.74, 6) is 1.81. The summed E-state index contributed by atoms with van der Waals surface area (Å²) in [5.41, 5.74) is 12.0. The number of rotatable bonds is 7. The lowest BCUT2D eigenvalue weighted by molar-refractivity contribution is 1.06. The highest BCUT2D eigenvalue weighted by Crippen LogP contribution is 2.45. The van der Waals surface area contributed by atoms with Gasteiger partial charge < -0.3 is 4.57 Å². The van der Waals surface area contributed by atoms with E-state index in [0.29, 0.717) is 17.5 Å². The molecule has 4 aromatic heterocycles. The average molecular weight is 810 g/mol. The van der Waals surface area contributed by atoms with Crippen molar-refractivity contribution < 1.29 is 0 Å². The zero-order chi connectivity index (χ0) is 41.0. The number of para-hydroxylation sites is 1. The van der Waals surface area contributed by atoms with E-state index in [0.717, 1.165) is 67.1 Å². The number of pyridine rings is 1. The molecule has 8 aromatic carbocycles. The fourth-order valence-corrected chi connectivity index (χ4v) is 9.85. The maximum atomic E-state index is 5.35. The average Bonchev–Trinajstić information content (AvgIpc) is 3.90. The van der Waals surface area contributed by atoms with Crippen molar-refractivity contribution >= 4 is 53.3 Å². The number of nitrogens with zero attached hydrogens (tertiary/aromatic N) is 5. The number of thiophene rings is 1. The topological polar surface area (TPSA) is 56.5 Å². The zero-order valence-corrected chi connectivity index (χ0v) is 34.2. The molecule has 0 aliphatic rings. The minimum absolute atomic E-state index is 0.587. The molecule has 62 heavy (non-hydrogen) atoms. The van der Waals surface area contributed by atoms with Gasteiger partial charge in [0, 0.05) is 58.8 Å². The van der Waals surface area contributed by atoms with Gasteiger partial charge in [-0.05, 0) is 53.6 Å². The molecule has 6 heteroatoms. The van der Waals surface area contributed by atoms with Crippen molar-refractivity contribution in [2.75, 3.05) is 0 Å². The van der Waals surface area contributed by atoms with Crippen molar-refractivity contribution in [1.82, 2.24) is 24.5 Å². The van der Waals surface area contributed by atoms with Crippen LogP contribution in [0.4, 0.5) is 0 Å². The van der Waals surface area contributed by atoms with Gasteiger partial charge >= 0.3 is 0 Å². The Hall–Kier alpha value is -8.06. The minimum Gasteiger partial charge on any atom is -0.308 e. The molecule has 0 bridgehead atoms. The third-order valence-corrected chi connectivity index (χ3v) is 12.8. The van der Waals surface area contributed by atoms with Gasteiger partial charge in [0.15, 0.2) is 17.5 Å². The molecule has 5 nitrogen and oxygen atoms in total. The first-order valence-corrected chi connectivity index (χ1v) is 21.5. The molecule has 4 heterocycles. The summed E-state index contributed by atoms with van der Waals surface area (Å²) in [6, 6.07) is 74.4. The minimum atomic E-state index is 0.587. The summed E-state index contributed by atoms with van der Waals surface area (Å²) in [6.45, 7) is 0. The van der Waals surface area contributed by atoms with Crippen molar-refractivity contribution in [2.45, 2.75) is 0 Å². The Bertz CT molecular complexity index is 3500. The van der Waals surface area contributed by atoms with Crippen LogP contribution < -0.4 is 0 Å². The second-order valence-electron chi connectivity index (χ2n) is 15.4. The normalized spacial score (nSPS) is 11.5. The Morgan fingerprint density at radius 2 is 0.871 bits per heavy atom. The van der Waals surface area contributed by atoms with Crippen LogP contribution >= 0.6 is 11.3 Å². The molecule has 0 spiro atoms. The van der Waals surface area contributed by atoms with Gasteiger partial charge in [0.1, 0.15) is 0 Å². The predicted octanol–water partition coefficient (Wildman–Crippen LogP) is 14.7. The summed E-state index contributed by atoms with van der Waals surface area (Å²) in [4.78, 5) is 21.0. The summed E-state index contributed by atoms with van der Waals surface area (Å²) in [5, 5.41) is 4.88. The van der Waals surface area contributed by atoms with Crippen molar-refractivity contribution in [3.8, 4) is 73.5 Å². The Labute approximate surface area is 361 Å². The van der Waals surface area contributed by atoms with Gasteiger partial charge in [0.2, 0.25) is 0 Å². The van der Waals surface area contributed by atoms with Crippen LogP contribution in [0.5, 0.6) is 0 Å². The fourth-order valence-electron chi connectivity index (χ4n) is 8.74. The summed E-state index contributed by atoms with van der Waals surface area (Å²) in [7, 11) is 0. The maximum absolute atomic E-state index is 5.35.